The first-order valence-corrected chi connectivity index (χ1v) is 7.12. The fourth-order valence-corrected chi connectivity index (χ4v) is 2.81. The number of rotatable bonds is 2. The molecule has 0 saturated carbocycles. The second-order valence-corrected chi connectivity index (χ2v) is 5.31. The van der Waals surface area contributed by atoms with E-state index in [9.17, 15) is 9.59 Å². The van der Waals surface area contributed by atoms with E-state index in [0.717, 1.165) is 25.9 Å². The number of nitrogens with one attached hydrogen (secondary N) is 1. The van der Waals surface area contributed by atoms with Gasteiger partial charge in [0.1, 0.15) is 0 Å². The largest absolute Gasteiger partial charge is 0.396 e. The number of likely N-dealkylation sites (tertiary alicyclic amines) is 1. The Bertz CT molecular complexity index is 327. The predicted molar refractivity (Wildman–Crippen MR) is 70.5 cm³/mol. The minimum atomic E-state index is -0.371. The third-order valence-electron chi connectivity index (χ3n) is 3.93. The molecule has 19 heavy (non-hydrogen) atoms. The maximum atomic E-state index is 12.2. The number of hydrogen-bond acceptors (Lipinski definition) is 4. The maximum absolute atomic E-state index is 12.2. The summed E-state index contributed by atoms with van der Waals surface area (Å²) < 4.78 is 0. The van der Waals surface area contributed by atoms with Gasteiger partial charge in [0.05, 0.1) is 0 Å². The molecule has 2 aliphatic heterocycles. The molecule has 0 aliphatic carbocycles. The fraction of sp³-hybridized carbons (Fsp3) is 0.846. The molecule has 2 heterocycles. The lowest BCUT2D eigenvalue weighted by molar-refractivity contribution is -0.153. The number of piperidine rings is 1. The van der Waals surface area contributed by atoms with Crippen molar-refractivity contribution in [3.63, 3.8) is 0 Å². The highest BCUT2D eigenvalue weighted by atomic mass is 16.3. The van der Waals surface area contributed by atoms with Crippen LogP contribution in [0.5, 0.6) is 0 Å². The van der Waals surface area contributed by atoms with E-state index in [2.05, 4.69) is 5.32 Å². The minimum absolute atomic E-state index is 0.151. The first kappa shape index (κ1) is 14.3. The summed E-state index contributed by atoms with van der Waals surface area (Å²) in [6.45, 7) is 4.16. The Morgan fingerprint density at radius 1 is 1.11 bits per heavy atom. The van der Waals surface area contributed by atoms with Crippen LogP contribution in [-0.2, 0) is 9.59 Å². The van der Waals surface area contributed by atoms with Crippen molar-refractivity contribution < 1.29 is 14.7 Å². The second-order valence-electron chi connectivity index (χ2n) is 5.31. The van der Waals surface area contributed by atoms with Gasteiger partial charge >= 0.3 is 11.8 Å². The number of piperazine rings is 1. The van der Waals surface area contributed by atoms with E-state index >= 15 is 0 Å². The molecule has 2 saturated heterocycles. The van der Waals surface area contributed by atoms with Gasteiger partial charge in [0.15, 0.2) is 0 Å². The minimum Gasteiger partial charge on any atom is -0.396 e. The number of carbonyl (C=O) groups excluding carboxylic acids is 2. The summed E-state index contributed by atoms with van der Waals surface area (Å²) in [6, 6.07) is 0. The van der Waals surface area contributed by atoms with Crippen LogP contribution in [0, 0.1) is 5.92 Å². The van der Waals surface area contributed by atoms with E-state index in [0.29, 0.717) is 38.5 Å². The molecule has 0 aromatic rings. The fourth-order valence-electron chi connectivity index (χ4n) is 2.81. The van der Waals surface area contributed by atoms with E-state index in [-0.39, 0.29) is 18.4 Å². The van der Waals surface area contributed by atoms with Gasteiger partial charge in [-0.25, -0.2) is 0 Å². The van der Waals surface area contributed by atoms with Crippen molar-refractivity contribution in [3.05, 3.63) is 0 Å². The summed E-state index contributed by atoms with van der Waals surface area (Å²) in [5, 5.41) is 12.1. The highest BCUT2D eigenvalue weighted by Gasteiger charge is 2.30. The van der Waals surface area contributed by atoms with E-state index < -0.39 is 0 Å². The molecule has 2 N–H and O–H groups in total. The second kappa shape index (κ2) is 6.86. The van der Waals surface area contributed by atoms with Crippen LogP contribution in [0.2, 0.25) is 0 Å². The van der Waals surface area contributed by atoms with E-state index in [1.807, 2.05) is 0 Å². The zero-order chi connectivity index (χ0) is 13.7. The molecule has 0 bridgehead atoms. The lowest BCUT2D eigenvalue weighted by atomic mass is 9.95. The van der Waals surface area contributed by atoms with Gasteiger partial charge in [-0.05, 0) is 25.2 Å². The van der Waals surface area contributed by atoms with Gasteiger partial charge in [-0.2, -0.15) is 0 Å². The Morgan fingerprint density at radius 3 is 2.47 bits per heavy atom. The number of carbonyl (C=O) groups is 2. The van der Waals surface area contributed by atoms with Gasteiger partial charge in [0.25, 0.3) is 0 Å². The molecular formula is C13H23N3O3. The lowest BCUT2D eigenvalue weighted by Gasteiger charge is -2.34. The molecule has 1 unspecified atom stereocenters. The molecule has 1 atom stereocenters. The van der Waals surface area contributed by atoms with Crippen LogP contribution in [0.25, 0.3) is 0 Å². The predicted octanol–water partition coefficient (Wildman–Crippen LogP) is -0.961. The molecule has 6 nitrogen and oxygen atoms in total. The van der Waals surface area contributed by atoms with Gasteiger partial charge in [-0.3, -0.25) is 9.59 Å². The van der Waals surface area contributed by atoms with Crippen molar-refractivity contribution in [2.75, 3.05) is 45.9 Å². The van der Waals surface area contributed by atoms with Crippen LogP contribution in [0.4, 0.5) is 0 Å². The van der Waals surface area contributed by atoms with Crippen LogP contribution in [0.1, 0.15) is 19.3 Å². The number of hydrogen-bond donors (Lipinski definition) is 2. The summed E-state index contributed by atoms with van der Waals surface area (Å²) in [5.74, 6) is -0.408. The topological polar surface area (TPSA) is 72.9 Å². The van der Waals surface area contributed by atoms with Crippen LogP contribution in [0.15, 0.2) is 0 Å². The Morgan fingerprint density at radius 2 is 1.79 bits per heavy atom. The Hall–Kier alpha value is -1.14. The van der Waals surface area contributed by atoms with Crippen molar-refractivity contribution in [1.82, 2.24) is 15.1 Å². The lowest BCUT2D eigenvalue weighted by Crippen LogP contribution is -2.53. The van der Waals surface area contributed by atoms with E-state index in [4.69, 9.17) is 5.11 Å². The van der Waals surface area contributed by atoms with Crippen LogP contribution in [0.3, 0.4) is 0 Å². The molecule has 0 radical (unpaired) electrons. The van der Waals surface area contributed by atoms with Crippen LogP contribution < -0.4 is 5.32 Å². The summed E-state index contributed by atoms with van der Waals surface area (Å²) in [6.07, 6.45) is 2.67. The zero-order valence-electron chi connectivity index (χ0n) is 11.3. The van der Waals surface area contributed by atoms with Crippen molar-refractivity contribution in [1.29, 1.82) is 0 Å². The Labute approximate surface area is 113 Å². The highest BCUT2D eigenvalue weighted by Crippen LogP contribution is 2.19. The SMILES string of the molecule is O=C(C(=O)N1CCCC(CCO)C1)N1CCNCC1. The normalized spacial score (nSPS) is 24.4. The Balaban J connectivity index is 1.88. The molecule has 108 valence electrons. The summed E-state index contributed by atoms with van der Waals surface area (Å²) in [7, 11) is 0. The molecule has 0 aromatic heterocycles. The van der Waals surface area contributed by atoms with Gasteiger partial charge in [0, 0.05) is 45.9 Å². The van der Waals surface area contributed by atoms with Gasteiger partial charge < -0.3 is 20.2 Å². The Kier molecular flexibility index (Phi) is 5.15. The summed E-state index contributed by atoms with van der Waals surface area (Å²) >= 11 is 0. The van der Waals surface area contributed by atoms with Crippen molar-refractivity contribution in [3.8, 4) is 0 Å². The summed E-state index contributed by atoms with van der Waals surface area (Å²) in [4.78, 5) is 27.6. The van der Waals surface area contributed by atoms with Crippen molar-refractivity contribution in [2.45, 2.75) is 19.3 Å². The van der Waals surface area contributed by atoms with Crippen molar-refractivity contribution in [2.24, 2.45) is 5.92 Å². The van der Waals surface area contributed by atoms with Gasteiger partial charge in [-0.15, -0.1) is 0 Å². The maximum Gasteiger partial charge on any atom is 0.312 e. The smallest absolute Gasteiger partial charge is 0.312 e. The average Bonchev–Trinajstić information content (AvgIpc) is 2.47. The third kappa shape index (κ3) is 3.67. The molecule has 0 spiro atoms. The number of aliphatic hydroxyl groups is 1. The third-order valence-corrected chi connectivity index (χ3v) is 3.93. The molecule has 0 aromatic carbocycles. The quantitative estimate of drug-likeness (QED) is 0.633. The van der Waals surface area contributed by atoms with Crippen LogP contribution >= 0.6 is 0 Å². The van der Waals surface area contributed by atoms with Gasteiger partial charge in [-0.1, -0.05) is 0 Å². The standard InChI is InChI=1S/C13H23N3O3/c17-9-3-11-2-1-6-16(10-11)13(19)12(18)15-7-4-14-5-8-15/h11,14,17H,1-10H2. The highest BCUT2D eigenvalue weighted by molar-refractivity contribution is 6.34. The molecule has 2 rings (SSSR count). The summed E-state index contributed by atoms with van der Waals surface area (Å²) in [5.41, 5.74) is 0. The molecule has 2 amide bonds. The number of nitrogens with zero attached hydrogens (tertiary/aromatic N) is 2. The molecule has 2 fully saturated rings. The van der Waals surface area contributed by atoms with E-state index in [1.54, 1.807) is 9.80 Å². The number of amides is 2. The zero-order valence-corrected chi connectivity index (χ0v) is 11.3. The number of aliphatic hydroxyl groups excluding tert-OH is 1. The first-order valence-electron chi connectivity index (χ1n) is 7.12. The van der Waals surface area contributed by atoms with E-state index in [1.165, 1.54) is 0 Å². The van der Waals surface area contributed by atoms with Crippen molar-refractivity contribution >= 4 is 11.8 Å². The average molecular weight is 269 g/mol. The van der Waals surface area contributed by atoms with Gasteiger partial charge in [0.2, 0.25) is 0 Å². The molecule has 6 heteroatoms. The monoisotopic (exact) mass is 269 g/mol. The molecule has 2 aliphatic rings. The van der Waals surface area contributed by atoms with Crippen LogP contribution in [-0.4, -0.2) is 72.6 Å². The first-order chi connectivity index (χ1) is 9.22. The molecular weight excluding hydrogens is 246 g/mol.